The van der Waals surface area contributed by atoms with Crippen LogP contribution in [0, 0.1) is 17.5 Å². The van der Waals surface area contributed by atoms with Gasteiger partial charge in [-0.25, -0.2) is 13.2 Å². The Kier molecular flexibility index (Phi) is 4.42. The molecule has 6 heteroatoms. The molecule has 1 amide bonds. The van der Waals surface area contributed by atoms with Crippen LogP contribution in [-0.4, -0.2) is 18.5 Å². The summed E-state index contributed by atoms with van der Waals surface area (Å²) in [5.41, 5.74) is -0.334. The van der Waals surface area contributed by atoms with Crippen molar-refractivity contribution in [3.8, 4) is 0 Å². The molecule has 1 saturated heterocycles. The van der Waals surface area contributed by atoms with Gasteiger partial charge in [-0.05, 0) is 31.5 Å². The molecule has 1 aromatic carbocycles. The molecule has 0 bridgehead atoms. The Morgan fingerprint density at radius 2 is 2.05 bits per heavy atom. The molecule has 0 aromatic heterocycles. The third-order valence-corrected chi connectivity index (χ3v) is 3.15. The van der Waals surface area contributed by atoms with E-state index in [2.05, 4.69) is 10.6 Å². The minimum atomic E-state index is -1.58. The molecule has 1 aromatic rings. The molecule has 1 atom stereocenters. The maximum absolute atomic E-state index is 13.4. The van der Waals surface area contributed by atoms with E-state index >= 15 is 0 Å². The number of amides is 1. The van der Waals surface area contributed by atoms with Gasteiger partial charge in [0.25, 0.3) is 0 Å². The van der Waals surface area contributed by atoms with Gasteiger partial charge in [-0.15, -0.1) is 0 Å². The first kappa shape index (κ1) is 13.9. The van der Waals surface area contributed by atoms with Gasteiger partial charge in [-0.1, -0.05) is 6.42 Å². The lowest BCUT2D eigenvalue weighted by Crippen LogP contribution is -2.37. The molecule has 2 rings (SSSR count). The summed E-state index contributed by atoms with van der Waals surface area (Å²) in [6.07, 6.45) is 3.20. The topological polar surface area (TPSA) is 41.1 Å². The van der Waals surface area contributed by atoms with Gasteiger partial charge in [0.2, 0.25) is 5.91 Å². The number of piperidine rings is 1. The molecule has 1 heterocycles. The molecule has 104 valence electrons. The van der Waals surface area contributed by atoms with Crippen molar-refractivity contribution in [1.82, 2.24) is 5.32 Å². The molecule has 0 aliphatic carbocycles. The summed E-state index contributed by atoms with van der Waals surface area (Å²) in [4.78, 5) is 11.7. The lowest BCUT2D eigenvalue weighted by atomic mass is 10.0. The minimum absolute atomic E-state index is 0.0575. The smallest absolute Gasteiger partial charge is 0.226 e. The van der Waals surface area contributed by atoms with E-state index < -0.39 is 23.4 Å². The Labute approximate surface area is 109 Å². The fourth-order valence-electron chi connectivity index (χ4n) is 2.15. The summed E-state index contributed by atoms with van der Waals surface area (Å²) in [6, 6.07) is 1.86. The Bertz CT molecular complexity index is 473. The minimum Gasteiger partial charge on any atom is -0.323 e. The van der Waals surface area contributed by atoms with Crippen LogP contribution in [0.3, 0.4) is 0 Å². The van der Waals surface area contributed by atoms with Crippen molar-refractivity contribution in [2.75, 3.05) is 11.9 Å². The van der Waals surface area contributed by atoms with E-state index in [-0.39, 0.29) is 18.2 Å². The van der Waals surface area contributed by atoms with E-state index in [1.165, 1.54) is 0 Å². The second kappa shape index (κ2) is 6.06. The number of halogens is 3. The zero-order chi connectivity index (χ0) is 13.8. The number of anilines is 1. The van der Waals surface area contributed by atoms with Gasteiger partial charge in [-0.2, -0.15) is 0 Å². The number of rotatable bonds is 3. The summed E-state index contributed by atoms with van der Waals surface area (Å²) in [6.45, 7) is 0.859. The van der Waals surface area contributed by atoms with Crippen molar-refractivity contribution in [2.24, 2.45) is 0 Å². The number of hydrogen-bond acceptors (Lipinski definition) is 2. The Morgan fingerprint density at radius 1 is 1.26 bits per heavy atom. The Hall–Kier alpha value is -1.56. The molecular formula is C13H15F3N2O. The highest BCUT2D eigenvalue weighted by Gasteiger charge is 2.19. The number of carbonyl (C=O) groups is 1. The fraction of sp³-hybridized carbons (Fsp3) is 0.462. The molecule has 19 heavy (non-hydrogen) atoms. The number of hydrogen-bond donors (Lipinski definition) is 2. The van der Waals surface area contributed by atoms with Gasteiger partial charge in [-0.3, -0.25) is 4.79 Å². The first-order valence-corrected chi connectivity index (χ1v) is 6.24. The van der Waals surface area contributed by atoms with Crippen molar-refractivity contribution in [1.29, 1.82) is 0 Å². The summed E-state index contributed by atoms with van der Waals surface area (Å²) in [7, 11) is 0. The number of nitrogens with one attached hydrogen (secondary N) is 2. The Balaban J connectivity index is 1.97. The van der Waals surface area contributed by atoms with Crippen molar-refractivity contribution < 1.29 is 18.0 Å². The third kappa shape index (κ3) is 3.47. The van der Waals surface area contributed by atoms with Crippen LogP contribution in [0.15, 0.2) is 12.1 Å². The SMILES string of the molecule is O=C(CC1CCCCN1)Nc1ccc(F)c(F)c1F. The lowest BCUT2D eigenvalue weighted by Gasteiger charge is -2.22. The van der Waals surface area contributed by atoms with Crippen LogP contribution in [0.4, 0.5) is 18.9 Å². The maximum atomic E-state index is 13.4. The molecule has 2 N–H and O–H groups in total. The first-order chi connectivity index (χ1) is 9.08. The van der Waals surface area contributed by atoms with Crippen molar-refractivity contribution in [2.45, 2.75) is 31.7 Å². The van der Waals surface area contributed by atoms with Crippen molar-refractivity contribution in [3.05, 3.63) is 29.6 Å². The maximum Gasteiger partial charge on any atom is 0.226 e. The first-order valence-electron chi connectivity index (χ1n) is 6.24. The van der Waals surface area contributed by atoms with Crippen molar-refractivity contribution >= 4 is 11.6 Å². The highest BCUT2D eigenvalue weighted by atomic mass is 19.2. The number of benzene rings is 1. The summed E-state index contributed by atoms with van der Waals surface area (Å²) in [5.74, 6) is -4.63. The molecular weight excluding hydrogens is 257 g/mol. The fourth-order valence-corrected chi connectivity index (χ4v) is 2.15. The quantitative estimate of drug-likeness (QED) is 0.830. The lowest BCUT2D eigenvalue weighted by molar-refractivity contribution is -0.116. The number of carbonyl (C=O) groups excluding carboxylic acids is 1. The zero-order valence-corrected chi connectivity index (χ0v) is 10.3. The molecule has 0 radical (unpaired) electrons. The van der Waals surface area contributed by atoms with Gasteiger partial charge in [0.1, 0.15) is 0 Å². The third-order valence-electron chi connectivity index (χ3n) is 3.15. The highest BCUT2D eigenvalue weighted by Crippen LogP contribution is 2.20. The standard InChI is InChI=1S/C13H15F3N2O/c14-9-4-5-10(13(16)12(9)15)18-11(19)7-8-3-1-2-6-17-8/h4-5,8,17H,1-3,6-7H2,(H,18,19). The van der Waals surface area contributed by atoms with Gasteiger partial charge in [0.05, 0.1) is 5.69 Å². The second-order valence-corrected chi connectivity index (χ2v) is 4.62. The molecule has 3 nitrogen and oxygen atoms in total. The van der Waals surface area contributed by atoms with Crippen LogP contribution < -0.4 is 10.6 Å². The van der Waals surface area contributed by atoms with Crippen LogP contribution in [0.2, 0.25) is 0 Å². The predicted octanol–water partition coefficient (Wildman–Crippen LogP) is 2.57. The van der Waals surface area contributed by atoms with Crippen LogP contribution >= 0.6 is 0 Å². The molecule has 1 aliphatic rings. The second-order valence-electron chi connectivity index (χ2n) is 4.62. The molecule has 1 fully saturated rings. The zero-order valence-electron chi connectivity index (χ0n) is 10.3. The molecule has 1 unspecified atom stereocenters. The summed E-state index contributed by atoms with van der Waals surface area (Å²) < 4.78 is 39.1. The average Bonchev–Trinajstić information content (AvgIpc) is 2.41. The van der Waals surface area contributed by atoms with E-state index in [1.807, 2.05) is 0 Å². The summed E-state index contributed by atoms with van der Waals surface area (Å²) in [5, 5.41) is 5.45. The predicted molar refractivity (Wildman–Crippen MR) is 65.2 cm³/mol. The van der Waals surface area contributed by atoms with Crippen molar-refractivity contribution in [3.63, 3.8) is 0 Å². The van der Waals surface area contributed by atoms with Crippen LogP contribution in [0.25, 0.3) is 0 Å². The molecule has 0 saturated carbocycles. The monoisotopic (exact) mass is 272 g/mol. The molecule has 0 spiro atoms. The van der Waals surface area contributed by atoms with E-state index in [1.54, 1.807) is 0 Å². The van der Waals surface area contributed by atoms with Gasteiger partial charge < -0.3 is 10.6 Å². The largest absolute Gasteiger partial charge is 0.323 e. The average molecular weight is 272 g/mol. The van der Waals surface area contributed by atoms with E-state index in [0.29, 0.717) is 0 Å². The van der Waals surface area contributed by atoms with E-state index in [9.17, 15) is 18.0 Å². The van der Waals surface area contributed by atoms with Crippen LogP contribution in [0.1, 0.15) is 25.7 Å². The van der Waals surface area contributed by atoms with E-state index in [0.717, 1.165) is 37.9 Å². The highest BCUT2D eigenvalue weighted by molar-refractivity contribution is 5.91. The van der Waals surface area contributed by atoms with E-state index in [4.69, 9.17) is 0 Å². The van der Waals surface area contributed by atoms with Gasteiger partial charge in [0, 0.05) is 12.5 Å². The molecule has 1 aliphatic heterocycles. The van der Waals surface area contributed by atoms with Gasteiger partial charge in [0.15, 0.2) is 17.5 Å². The summed E-state index contributed by atoms with van der Waals surface area (Å²) >= 11 is 0. The Morgan fingerprint density at radius 3 is 2.74 bits per heavy atom. The van der Waals surface area contributed by atoms with Gasteiger partial charge >= 0.3 is 0 Å². The van der Waals surface area contributed by atoms with Crippen LogP contribution in [0.5, 0.6) is 0 Å². The van der Waals surface area contributed by atoms with Crippen LogP contribution in [-0.2, 0) is 4.79 Å². The normalized spacial score (nSPS) is 19.2.